The van der Waals surface area contributed by atoms with Crippen molar-refractivity contribution in [2.75, 3.05) is 11.1 Å². The van der Waals surface area contributed by atoms with Crippen molar-refractivity contribution in [2.45, 2.75) is 18.6 Å². The number of benzene rings is 2. The Bertz CT molecular complexity index is 1090. The van der Waals surface area contributed by atoms with Crippen LogP contribution in [0.5, 0.6) is 0 Å². The van der Waals surface area contributed by atoms with Gasteiger partial charge in [-0.1, -0.05) is 30.0 Å². The van der Waals surface area contributed by atoms with E-state index in [-0.39, 0.29) is 11.7 Å². The number of furan rings is 1. The summed E-state index contributed by atoms with van der Waals surface area (Å²) in [7, 11) is 0. The van der Waals surface area contributed by atoms with Crippen LogP contribution in [0.3, 0.4) is 0 Å². The molecule has 0 aliphatic carbocycles. The van der Waals surface area contributed by atoms with Crippen molar-refractivity contribution in [3.8, 4) is 11.6 Å². The number of para-hydroxylation sites is 1. The summed E-state index contributed by atoms with van der Waals surface area (Å²) in [6.07, 6.45) is 0. The zero-order valence-electron chi connectivity index (χ0n) is 15.1. The number of nitrogens with zero attached hydrogens (tertiary/aromatic N) is 3. The van der Waals surface area contributed by atoms with Crippen LogP contribution in [0.25, 0.3) is 22.6 Å². The van der Waals surface area contributed by atoms with Gasteiger partial charge in [0.1, 0.15) is 5.58 Å². The summed E-state index contributed by atoms with van der Waals surface area (Å²) in [6.45, 7) is 2.70. The van der Waals surface area contributed by atoms with Gasteiger partial charge in [0.15, 0.2) is 10.9 Å². The molecule has 4 aromatic rings. The van der Waals surface area contributed by atoms with Crippen molar-refractivity contribution in [3.63, 3.8) is 0 Å². The van der Waals surface area contributed by atoms with E-state index in [1.54, 1.807) is 0 Å². The van der Waals surface area contributed by atoms with Crippen LogP contribution in [0.4, 0.5) is 5.69 Å². The monoisotopic (exact) mass is 504 g/mol. The highest BCUT2D eigenvalue weighted by molar-refractivity contribution is 14.1. The van der Waals surface area contributed by atoms with Gasteiger partial charge in [0.25, 0.3) is 0 Å². The van der Waals surface area contributed by atoms with E-state index in [0.29, 0.717) is 23.3 Å². The van der Waals surface area contributed by atoms with Crippen LogP contribution in [0.15, 0.2) is 64.2 Å². The number of thioether (sulfide) groups is 1. The van der Waals surface area contributed by atoms with E-state index in [4.69, 9.17) is 4.42 Å². The minimum Gasteiger partial charge on any atom is -0.453 e. The molecule has 2 heterocycles. The highest BCUT2D eigenvalue weighted by Crippen LogP contribution is 2.29. The zero-order valence-corrected chi connectivity index (χ0v) is 18.0. The second-order valence-corrected chi connectivity index (χ2v) is 8.23. The molecule has 2 aromatic carbocycles. The quantitative estimate of drug-likeness (QED) is 0.294. The highest BCUT2D eigenvalue weighted by atomic mass is 127. The number of halogens is 1. The summed E-state index contributed by atoms with van der Waals surface area (Å²) in [6, 6.07) is 17.5. The molecule has 8 heteroatoms. The van der Waals surface area contributed by atoms with Crippen LogP contribution in [-0.2, 0) is 11.3 Å². The molecule has 1 N–H and O–H groups in total. The number of anilines is 1. The van der Waals surface area contributed by atoms with Gasteiger partial charge in [-0.25, -0.2) is 0 Å². The van der Waals surface area contributed by atoms with E-state index in [2.05, 4.69) is 38.1 Å². The Hall–Kier alpha value is -2.33. The molecular weight excluding hydrogens is 487 g/mol. The molecule has 142 valence electrons. The number of rotatable bonds is 6. The van der Waals surface area contributed by atoms with Crippen molar-refractivity contribution in [2.24, 2.45) is 0 Å². The Morgan fingerprint density at radius 1 is 1.18 bits per heavy atom. The smallest absolute Gasteiger partial charge is 0.234 e. The number of amides is 1. The summed E-state index contributed by atoms with van der Waals surface area (Å²) in [5.74, 6) is 1.51. The Morgan fingerprint density at radius 3 is 2.71 bits per heavy atom. The minimum absolute atomic E-state index is 0.0813. The van der Waals surface area contributed by atoms with E-state index in [1.807, 2.05) is 66.1 Å². The van der Waals surface area contributed by atoms with Crippen LogP contribution in [0, 0.1) is 3.57 Å². The first-order valence-electron chi connectivity index (χ1n) is 8.74. The fourth-order valence-corrected chi connectivity index (χ4v) is 3.98. The van der Waals surface area contributed by atoms with Crippen LogP contribution >= 0.6 is 34.4 Å². The van der Waals surface area contributed by atoms with Crippen LogP contribution in [-0.4, -0.2) is 26.4 Å². The third-order valence-corrected chi connectivity index (χ3v) is 5.83. The van der Waals surface area contributed by atoms with E-state index < -0.39 is 0 Å². The van der Waals surface area contributed by atoms with Crippen molar-refractivity contribution in [3.05, 3.63) is 58.2 Å². The number of carbonyl (C=O) groups excluding carboxylic acids is 1. The lowest BCUT2D eigenvalue weighted by atomic mass is 10.2. The number of hydrogen-bond acceptors (Lipinski definition) is 5. The minimum atomic E-state index is -0.0813. The largest absolute Gasteiger partial charge is 0.453 e. The summed E-state index contributed by atoms with van der Waals surface area (Å²) in [5.41, 5.74) is 1.60. The lowest BCUT2D eigenvalue weighted by Gasteiger charge is -2.07. The average molecular weight is 504 g/mol. The summed E-state index contributed by atoms with van der Waals surface area (Å²) in [5, 5.41) is 13.2. The van der Waals surface area contributed by atoms with Gasteiger partial charge in [-0.2, -0.15) is 0 Å². The molecule has 0 fully saturated rings. The normalized spacial score (nSPS) is 11.1. The first-order chi connectivity index (χ1) is 13.6. The Kier molecular flexibility index (Phi) is 5.67. The second kappa shape index (κ2) is 8.36. The summed E-state index contributed by atoms with van der Waals surface area (Å²) < 4.78 is 8.99. The molecule has 0 bridgehead atoms. The van der Waals surface area contributed by atoms with Crippen molar-refractivity contribution in [1.82, 2.24) is 14.8 Å². The van der Waals surface area contributed by atoms with E-state index in [0.717, 1.165) is 20.2 Å². The van der Waals surface area contributed by atoms with Gasteiger partial charge in [-0.3, -0.25) is 9.36 Å². The molecule has 6 nitrogen and oxygen atoms in total. The number of carbonyl (C=O) groups is 1. The van der Waals surface area contributed by atoms with E-state index >= 15 is 0 Å². The van der Waals surface area contributed by atoms with Crippen molar-refractivity contribution < 1.29 is 9.21 Å². The third kappa shape index (κ3) is 4.07. The van der Waals surface area contributed by atoms with Crippen LogP contribution in [0.2, 0.25) is 0 Å². The topological polar surface area (TPSA) is 73.0 Å². The first kappa shape index (κ1) is 19.0. The second-order valence-electron chi connectivity index (χ2n) is 6.04. The maximum absolute atomic E-state index is 12.3. The molecule has 0 atom stereocenters. The molecule has 0 radical (unpaired) electrons. The van der Waals surface area contributed by atoms with Crippen LogP contribution in [0.1, 0.15) is 6.92 Å². The van der Waals surface area contributed by atoms with Crippen LogP contribution < -0.4 is 5.32 Å². The van der Waals surface area contributed by atoms with E-state index in [9.17, 15) is 4.79 Å². The van der Waals surface area contributed by atoms with Gasteiger partial charge in [0.2, 0.25) is 11.7 Å². The fraction of sp³-hybridized carbons (Fsp3) is 0.150. The van der Waals surface area contributed by atoms with Gasteiger partial charge >= 0.3 is 0 Å². The standard InChI is InChI=1S/C20H17IN4O2S/c1-2-25-19(17-11-13-5-3-4-6-16(13)27-17)23-24-20(25)28-12-18(26)22-15-9-7-14(21)8-10-15/h3-11H,2,12H2,1H3,(H,22,26). The molecule has 0 aliphatic heterocycles. The number of hydrogen-bond donors (Lipinski definition) is 1. The lowest BCUT2D eigenvalue weighted by Crippen LogP contribution is -2.14. The fourth-order valence-electron chi connectivity index (χ4n) is 2.82. The van der Waals surface area contributed by atoms with Gasteiger partial charge in [0, 0.05) is 21.2 Å². The summed E-state index contributed by atoms with van der Waals surface area (Å²) >= 11 is 3.59. The SMILES string of the molecule is CCn1c(SCC(=O)Nc2ccc(I)cc2)nnc1-c1cc2ccccc2o1. The first-order valence-corrected chi connectivity index (χ1v) is 10.8. The Balaban J connectivity index is 1.48. The highest BCUT2D eigenvalue weighted by Gasteiger charge is 2.17. The lowest BCUT2D eigenvalue weighted by molar-refractivity contribution is -0.113. The molecule has 0 aliphatic rings. The van der Waals surface area contributed by atoms with Gasteiger partial charge in [0.05, 0.1) is 5.75 Å². The molecule has 2 aromatic heterocycles. The van der Waals surface area contributed by atoms with Crippen molar-refractivity contribution in [1.29, 1.82) is 0 Å². The van der Waals surface area contributed by atoms with Gasteiger partial charge in [-0.15, -0.1) is 10.2 Å². The predicted molar refractivity (Wildman–Crippen MR) is 119 cm³/mol. The molecule has 0 saturated carbocycles. The maximum Gasteiger partial charge on any atom is 0.234 e. The number of nitrogens with one attached hydrogen (secondary N) is 1. The molecule has 0 saturated heterocycles. The average Bonchev–Trinajstić information content (AvgIpc) is 3.31. The Morgan fingerprint density at radius 2 is 1.96 bits per heavy atom. The van der Waals surface area contributed by atoms with Gasteiger partial charge < -0.3 is 9.73 Å². The predicted octanol–water partition coefficient (Wildman–Crippen LogP) is 5.05. The molecular formula is C20H17IN4O2S. The molecule has 0 unspecified atom stereocenters. The molecule has 4 rings (SSSR count). The molecule has 0 spiro atoms. The third-order valence-electron chi connectivity index (χ3n) is 4.14. The molecule has 28 heavy (non-hydrogen) atoms. The van der Waals surface area contributed by atoms with E-state index in [1.165, 1.54) is 11.8 Å². The summed E-state index contributed by atoms with van der Waals surface area (Å²) in [4.78, 5) is 12.3. The molecule has 1 amide bonds. The zero-order chi connectivity index (χ0) is 19.5. The maximum atomic E-state index is 12.3. The van der Waals surface area contributed by atoms with Gasteiger partial charge in [-0.05, 0) is 65.9 Å². The number of aromatic nitrogens is 3. The Labute approximate surface area is 179 Å². The van der Waals surface area contributed by atoms with Crippen molar-refractivity contribution >= 4 is 56.9 Å². The number of fused-ring (bicyclic) bond motifs is 1.